The molecule has 49 heavy (non-hydrogen) atoms. The zero-order valence-electron chi connectivity index (χ0n) is 29.4. The first kappa shape index (κ1) is 33.9. The van der Waals surface area contributed by atoms with Crippen LogP contribution in [0.2, 0.25) is 0 Å². The molecule has 7 fully saturated rings. The van der Waals surface area contributed by atoms with Gasteiger partial charge in [-0.05, 0) is 70.3 Å². The van der Waals surface area contributed by atoms with E-state index in [4.69, 9.17) is 28.5 Å². The van der Waals surface area contributed by atoms with Crippen LogP contribution in [0.15, 0.2) is 16.7 Å². The van der Waals surface area contributed by atoms with Crippen molar-refractivity contribution in [3.63, 3.8) is 0 Å². The maximum Gasteiger partial charge on any atom is 0.339 e. The molecule has 270 valence electrons. The molecule has 10 heteroatoms. The molecule has 4 saturated heterocycles. The second-order valence-corrected chi connectivity index (χ2v) is 17.1. The Morgan fingerprint density at radius 3 is 2.39 bits per heavy atom. The summed E-state index contributed by atoms with van der Waals surface area (Å²) in [7, 11) is 0. The van der Waals surface area contributed by atoms with Gasteiger partial charge in [0, 0.05) is 34.8 Å². The summed E-state index contributed by atoms with van der Waals surface area (Å²) in [5.74, 6) is -1.20. The fourth-order valence-electron chi connectivity index (χ4n) is 12.9. The fourth-order valence-corrected chi connectivity index (χ4v) is 12.9. The van der Waals surface area contributed by atoms with Gasteiger partial charge in [-0.2, -0.15) is 0 Å². The van der Waals surface area contributed by atoms with Gasteiger partial charge in [0.2, 0.25) is 0 Å². The van der Waals surface area contributed by atoms with E-state index in [1.54, 1.807) is 6.26 Å². The van der Waals surface area contributed by atoms with E-state index in [0.717, 1.165) is 82.0 Å². The van der Waals surface area contributed by atoms with Crippen LogP contribution in [0.3, 0.4) is 0 Å². The highest BCUT2D eigenvalue weighted by Crippen LogP contribution is 2.82. The summed E-state index contributed by atoms with van der Waals surface area (Å²) in [6, 6.07) is 1.93. The van der Waals surface area contributed by atoms with Crippen LogP contribution in [0.1, 0.15) is 128 Å². The van der Waals surface area contributed by atoms with Crippen molar-refractivity contribution < 1.29 is 48.0 Å². The largest absolute Gasteiger partial charge is 0.469 e. The first-order valence-corrected chi connectivity index (χ1v) is 19.1. The molecule has 0 amide bonds. The van der Waals surface area contributed by atoms with Gasteiger partial charge in [0.25, 0.3) is 0 Å². The molecule has 5 heterocycles. The summed E-state index contributed by atoms with van der Waals surface area (Å²) < 4.78 is 31.9. The van der Waals surface area contributed by atoms with Crippen molar-refractivity contribution in [1.29, 1.82) is 0 Å². The molecule has 10 nitrogen and oxygen atoms in total. The molecule has 2 spiro atoms. The highest BCUT2D eigenvalue weighted by molar-refractivity contribution is 5.92. The first-order valence-electron chi connectivity index (χ1n) is 19.1. The molecular weight excluding hydrogens is 628 g/mol. The standard InChI is InChI=1S/C39H54O10/c1-35(2)30-29(42)31(43)38(23-13-9-8-10-14-23)26(37(30)22-46-28(41)21-27(37)48-35)16-18-36(3)32(47-34(44)33-39(36,38)49-33)24-17-20-45-25(24)15-11-6-4-5-7-12-19-40/h17,20,23,26-27,30-33,40,43H,4-16,18-19,21-22H2,1-3H3/t26-,27+,30-,31-,32+,33-,36+,37+,38+,39-/m1/s1. The second-order valence-electron chi connectivity index (χ2n) is 17.1. The predicted octanol–water partition coefficient (Wildman–Crippen LogP) is 5.54. The molecule has 8 rings (SSSR count). The molecule has 3 aliphatic carbocycles. The van der Waals surface area contributed by atoms with Crippen molar-refractivity contribution in [1.82, 2.24) is 0 Å². The van der Waals surface area contributed by atoms with Crippen LogP contribution in [0.4, 0.5) is 0 Å². The number of hydrogen-bond donors (Lipinski definition) is 2. The molecular formula is C39H54O10. The van der Waals surface area contributed by atoms with Crippen LogP contribution >= 0.6 is 0 Å². The van der Waals surface area contributed by atoms with Crippen LogP contribution in [-0.2, 0) is 39.8 Å². The SMILES string of the molecule is CC1(C)O[C@H]2CC(=O)OC[C@@]23[C@@H]1C(=O)[C@@H](O)[C@]1(C2CCCCC2)[C@@H]3CC[C@@]2(C)[C@H](c3ccoc3CCCCCCCCO)OC(=O)[C@H]3O[C@@]312. The van der Waals surface area contributed by atoms with Crippen molar-refractivity contribution in [2.45, 2.75) is 153 Å². The highest BCUT2D eigenvalue weighted by Gasteiger charge is 2.92. The number of cyclic esters (lactones) is 2. The minimum atomic E-state index is -1.36. The molecule has 1 aromatic heterocycles. The molecule has 10 atom stereocenters. The first-order chi connectivity index (χ1) is 23.5. The van der Waals surface area contributed by atoms with Gasteiger partial charge in [0.15, 0.2) is 11.9 Å². The van der Waals surface area contributed by atoms with Crippen LogP contribution in [0.5, 0.6) is 0 Å². The van der Waals surface area contributed by atoms with Gasteiger partial charge in [-0.15, -0.1) is 0 Å². The van der Waals surface area contributed by atoms with Crippen LogP contribution in [0.25, 0.3) is 0 Å². The summed E-state index contributed by atoms with van der Waals surface area (Å²) >= 11 is 0. The lowest BCUT2D eigenvalue weighted by Gasteiger charge is -2.70. The summed E-state index contributed by atoms with van der Waals surface area (Å²) in [6.07, 6.45) is 11.1. The lowest BCUT2D eigenvalue weighted by molar-refractivity contribution is -0.275. The number of rotatable bonds is 10. The number of aryl methyl sites for hydroxylation is 1. The number of carbonyl (C=O) groups is 3. The molecule has 3 saturated carbocycles. The van der Waals surface area contributed by atoms with Crippen molar-refractivity contribution in [2.75, 3.05) is 13.2 Å². The number of Topliss-reactive ketones (excluding diaryl/α,β-unsaturated/α-hetero) is 1. The zero-order chi connectivity index (χ0) is 34.4. The Morgan fingerprint density at radius 2 is 1.63 bits per heavy atom. The number of ether oxygens (including phenoxy) is 4. The Balaban J connectivity index is 1.22. The van der Waals surface area contributed by atoms with E-state index in [1.807, 2.05) is 19.9 Å². The van der Waals surface area contributed by atoms with Crippen LogP contribution in [0, 0.1) is 34.0 Å². The highest BCUT2D eigenvalue weighted by atomic mass is 16.7. The number of fused-ring (bicyclic) bond motifs is 1. The van der Waals surface area contributed by atoms with E-state index in [-0.39, 0.29) is 43.2 Å². The van der Waals surface area contributed by atoms with Crippen molar-refractivity contribution in [2.24, 2.45) is 34.0 Å². The topological polar surface area (TPSA) is 145 Å². The van der Waals surface area contributed by atoms with E-state index in [9.17, 15) is 14.7 Å². The smallest absolute Gasteiger partial charge is 0.339 e. The van der Waals surface area contributed by atoms with Crippen molar-refractivity contribution in [3.8, 4) is 0 Å². The maximum atomic E-state index is 15.0. The number of carbonyl (C=O) groups excluding carboxylic acids is 3. The molecule has 1 aromatic rings. The molecule has 7 aliphatic rings. The van der Waals surface area contributed by atoms with Crippen molar-refractivity contribution in [3.05, 3.63) is 23.7 Å². The third-order valence-corrected chi connectivity index (χ3v) is 14.6. The Labute approximate surface area is 288 Å². The van der Waals surface area contributed by atoms with Gasteiger partial charge in [-0.25, -0.2) is 4.79 Å². The number of unbranched alkanes of at least 4 members (excludes halogenated alkanes) is 5. The minimum Gasteiger partial charge on any atom is -0.469 e. The second kappa shape index (κ2) is 11.9. The number of epoxide rings is 1. The normalized spacial score (nSPS) is 43.8. The summed E-state index contributed by atoms with van der Waals surface area (Å²) in [6.45, 7) is 6.27. The van der Waals surface area contributed by atoms with Crippen molar-refractivity contribution >= 4 is 17.7 Å². The van der Waals surface area contributed by atoms with Gasteiger partial charge >= 0.3 is 11.9 Å². The van der Waals surface area contributed by atoms with Gasteiger partial charge in [-0.3, -0.25) is 9.59 Å². The molecule has 0 aromatic carbocycles. The molecule has 0 bridgehead atoms. The van der Waals surface area contributed by atoms with Gasteiger partial charge in [0.1, 0.15) is 30.2 Å². The van der Waals surface area contributed by atoms with Gasteiger partial charge < -0.3 is 33.6 Å². The van der Waals surface area contributed by atoms with E-state index in [0.29, 0.717) is 19.3 Å². The third kappa shape index (κ3) is 4.42. The van der Waals surface area contributed by atoms with Crippen LogP contribution in [-0.4, -0.2) is 70.7 Å². The lowest BCUT2D eigenvalue weighted by atomic mass is 9.33. The van der Waals surface area contributed by atoms with Gasteiger partial charge in [0.05, 0.1) is 30.3 Å². The lowest BCUT2D eigenvalue weighted by Crippen LogP contribution is -2.79. The Bertz CT molecular complexity index is 1480. The average molecular weight is 683 g/mol. The number of aliphatic hydroxyl groups excluding tert-OH is 2. The minimum absolute atomic E-state index is 0.0617. The Kier molecular flexibility index (Phi) is 8.21. The third-order valence-electron chi connectivity index (χ3n) is 14.6. The number of esters is 2. The zero-order valence-corrected chi connectivity index (χ0v) is 29.4. The predicted molar refractivity (Wildman–Crippen MR) is 175 cm³/mol. The monoisotopic (exact) mass is 682 g/mol. The Hall–Kier alpha value is -2.27. The van der Waals surface area contributed by atoms with E-state index in [2.05, 4.69) is 6.92 Å². The Morgan fingerprint density at radius 1 is 0.898 bits per heavy atom. The molecule has 2 N–H and O–H groups in total. The van der Waals surface area contributed by atoms with E-state index >= 15 is 4.79 Å². The average Bonchev–Trinajstić information content (AvgIpc) is 3.61. The quantitative estimate of drug-likeness (QED) is 0.183. The molecule has 4 aliphatic heterocycles. The number of furan rings is 1. The fraction of sp³-hybridized carbons (Fsp3) is 0.821. The summed E-state index contributed by atoms with van der Waals surface area (Å²) in [5, 5.41) is 21.9. The van der Waals surface area contributed by atoms with Crippen LogP contribution < -0.4 is 0 Å². The number of ketones is 1. The van der Waals surface area contributed by atoms with Gasteiger partial charge in [-0.1, -0.05) is 51.9 Å². The van der Waals surface area contributed by atoms with E-state index in [1.165, 1.54) is 0 Å². The molecule has 0 unspecified atom stereocenters. The summed E-state index contributed by atoms with van der Waals surface area (Å²) in [5.41, 5.74) is -3.84. The number of aliphatic hydroxyl groups is 2. The molecule has 0 radical (unpaired) electrons. The number of hydrogen-bond acceptors (Lipinski definition) is 10. The maximum absolute atomic E-state index is 15.0. The summed E-state index contributed by atoms with van der Waals surface area (Å²) in [4.78, 5) is 41.9. The van der Waals surface area contributed by atoms with E-state index < -0.39 is 63.8 Å².